The third-order valence-corrected chi connectivity index (χ3v) is 11.1. The van der Waals surface area contributed by atoms with Gasteiger partial charge in [-0.1, -0.05) is 36.8 Å². The normalized spacial score (nSPS) is 29.4. The Kier molecular flexibility index (Phi) is 6.90. The summed E-state index contributed by atoms with van der Waals surface area (Å²) in [5.74, 6) is 0.379. The number of carbonyl (C=O) groups excluding carboxylic acids is 2. The molecule has 3 saturated carbocycles. The van der Waals surface area contributed by atoms with E-state index in [0.29, 0.717) is 23.9 Å². The van der Waals surface area contributed by atoms with Gasteiger partial charge in [-0.25, -0.2) is 4.98 Å². The number of aromatic nitrogens is 2. The number of aryl methyl sites for hydroxylation is 1. The second kappa shape index (κ2) is 10.4. The number of alkyl halides is 3. The van der Waals surface area contributed by atoms with Gasteiger partial charge >= 0.3 is 6.18 Å². The van der Waals surface area contributed by atoms with Crippen LogP contribution in [0.1, 0.15) is 92.6 Å². The Morgan fingerprint density at radius 2 is 1.93 bits per heavy atom. The Hall–Kier alpha value is -2.88. The van der Waals surface area contributed by atoms with Gasteiger partial charge in [-0.15, -0.1) is 0 Å². The van der Waals surface area contributed by atoms with Gasteiger partial charge in [-0.3, -0.25) is 14.5 Å². The Labute approximate surface area is 244 Å². The SMILES string of the molecule is Cc1nc2c(n1C1CC3N(CC[C@H](NC(=O)C4CCC4)c4ccccc4)C4CCC43C1)CN(C(=O)CC(F)(F)F)CC2. The van der Waals surface area contributed by atoms with Crippen molar-refractivity contribution >= 4 is 11.8 Å². The lowest BCUT2D eigenvalue weighted by Gasteiger charge is -2.68. The molecular formula is C32H40F3N5O2. The Balaban J connectivity index is 1.05. The van der Waals surface area contributed by atoms with Crippen LogP contribution < -0.4 is 5.32 Å². The summed E-state index contributed by atoms with van der Waals surface area (Å²) in [4.78, 5) is 34.1. The van der Waals surface area contributed by atoms with Gasteiger partial charge in [-0.2, -0.15) is 13.2 Å². The van der Waals surface area contributed by atoms with Crippen LogP contribution in [0.25, 0.3) is 0 Å². The fourth-order valence-electron chi connectivity index (χ4n) is 8.77. The molecule has 42 heavy (non-hydrogen) atoms. The molecule has 2 aromatic rings. The van der Waals surface area contributed by atoms with E-state index in [1.54, 1.807) is 0 Å². The Morgan fingerprint density at radius 3 is 2.60 bits per heavy atom. The molecule has 2 amide bonds. The van der Waals surface area contributed by atoms with Gasteiger partial charge in [0.15, 0.2) is 0 Å². The fourth-order valence-corrected chi connectivity index (χ4v) is 8.77. The lowest BCUT2D eigenvalue weighted by molar-refractivity contribution is -0.188. The molecule has 1 N–H and O–H groups in total. The molecule has 5 atom stereocenters. The molecular weight excluding hydrogens is 543 g/mol. The third kappa shape index (κ3) is 4.74. The molecule has 0 bridgehead atoms. The van der Waals surface area contributed by atoms with E-state index in [1.165, 1.54) is 17.7 Å². The summed E-state index contributed by atoms with van der Waals surface area (Å²) >= 11 is 0. The van der Waals surface area contributed by atoms with E-state index in [1.807, 2.05) is 25.1 Å². The largest absolute Gasteiger partial charge is 0.397 e. The summed E-state index contributed by atoms with van der Waals surface area (Å²) in [6.45, 7) is 3.40. The number of hydrogen-bond acceptors (Lipinski definition) is 4. The zero-order valence-electron chi connectivity index (χ0n) is 24.2. The molecule has 4 fully saturated rings. The van der Waals surface area contributed by atoms with Crippen LogP contribution in [0.5, 0.6) is 0 Å². The topological polar surface area (TPSA) is 70.5 Å². The molecule has 2 aliphatic heterocycles. The Bertz CT molecular complexity index is 1360. The smallest absolute Gasteiger partial charge is 0.349 e. The maximum absolute atomic E-state index is 12.9. The highest BCUT2D eigenvalue weighted by atomic mass is 19.4. The highest BCUT2D eigenvalue weighted by Gasteiger charge is 2.69. The number of rotatable bonds is 8. The maximum atomic E-state index is 12.9. The van der Waals surface area contributed by atoms with E-state index >= 15 is 0 Å². The number of likely N-dealkylation sites (tertiary alicyclic amines) is 1. The van der Waals surface area contributed by atoms with Crippen LogP contribution in [0.4, 0.5) is 13.2 Å². The minimum absolute atomic E-state index is 0.00490. The van der Waals surface area contributed by atoms with Gasteiger partial charge in [0.2, 0.25) is 11.8 Å². The Morgan fingerprint density at radius 1 is 1.14 bits per heavy atom. The molecule has 10 heteroatoms. The average Bonchev–Trinajstić information content (AvgIpc) is 3.44. The molecule has 1 aromatic carbocycles. The van der Waals surface area contributed by atoms with Crippen LogP contribution in [-0.4, -0.2) is 62.5 Å². The maximum Gasteiger partial charge on any atom is 0.397 e. The molecule has 3 heterocycles. The summed E-state index contributed by atoms with van der Waals surface area (Å²) in [5.41, 5.74) is 3.30. The van der Waals surface area contributed by atoms with Crippen molar-refractivity contribution < 1.29 is 22.8 Å². The number of fused-ring (bicyclic) bond motifs is 1. The van der Waals surface area contributed by atoms with Crippen LogP contribution >= 0.6 is 0 Å². The number of nitrogens with one attached hydrogen (secondary N) is 1. The molecule has 1 aromatic heterocycles. The van der Waals surface area contributed by atoms with Crippen LogP contribution in [0.3, 0.4) is 0 Å². The quantitative estimate of drug-likeness (QED) is 0.461. The summed E-state index contributed by atoms with van der Waals surface area (Å²) < 4.78 is 41.1. The van der Waals surface area contributed by atoms with Crippen molar-refractivity contribution in [2.75, 3.05) is 13.1 Å². The van der Waals surface area contributed by atoms with Gasteiger partial charge < -0.3 is 14.8 Å². The van der Waals surface area contributed by atoms with Crippen molar-refractivity contribution in [2.24, 2.45) is 11.3 Å². The first-order valence-electron chi connectivity index (χ1n) is 15.6. The van der Waals surface area contributed by atoms with Crippen LogP contribution in [0, 0.1) is 18.3 Å². The number of piperidine rings is 1. The highest BCUT2D eigenvalue weighted by molar-refractivity contribution is 5.79. The van der Waals surface area contributed by atoms with Gasteiger partial charge in [0.25, 0.3) is 0 Å². The van der Waals surface area contributed by atoms with E-state index in [4.69, 9.17) is 4.98 Å². The molecule has 0 radical (unpaired) electrons. The van der Waals surface area contributed by atoms with Crippen molar-refractivity contribution in [3.8, 4) is 0 Å². The summed E-state index contributed by atoms with van der Waals surface area (Å²) in [6, 6.07) is 11.5. The average molecular weight is 584 g/mol. The monoisotopic (exact) mass is 583 g/mol. The molecule has 1 saturated heterocycles. The van der Waals surface area contributed by atoms with Crippen molar-refractivity contribution in [3.63, 3.8) is 0 Å². The van der Waals surface area contributed by atoms with E-state index in [0.717, 1.165) is 67.8 Å². The van der Waals surface area contributed by atoms with Crippen molar-refractivity contribution in [1.29, 1.82) is 0 Å². The van der Waals surface area contributed by atoms with Crippen molar-refractivity contribution in [3.05, 3.63) is 53.1 Å². The molecule has 5 aliphatic rings. The van der Waals surface area contributed by atoms with Crippen LogP contribution in [0.15, 0.2) is 30.3 Å². The first kappa shape index (κ1) is 27.9. The number of halogens is 3. The number of carbonyl (C=O) groups is 2. The van der Waals surface area contributed by atoms with E-state index in [-0.39, 0.29) is 37.0 Å². The zero-order chi connectivity index (χ0) is 29.2. The van der Waals surface area contributed by atoms with Crippen LogP contribution in [0.2, 0.25) is 0 Å². The molecule has 3 aliphatic carbocycles. The minimum Gasteiger partial charge on any atom is -0.349 e. The van der Waals surface area contributed by atoms with Crippen LogP contribution in [-0.2, 0) is 22.6 Å². The summed E-state index contributed by atoms with van der Waals surface area (Å²) in [6.07, 6.45) is 3.00. The summed E-state index contributed by atoms with van der Waals surface area (Å²) in [5, 5.41) is 3.36. The first-order valence-corrected chi connectivity index (χ1v) is 15.6. The molecule has 1 spiro atoms. The number of imidazole rings is 1. The lowest BCUT2D eigenvalue weighted by Crippen LogP contribution is -2.74. The van der Waals surface area contributed by atoms with Crippen molar-refractivity contribution in [1.82, 2.24) is 24.7 Å². The molecule has 7 nitrogen and oxygen atoms in total. The number of hydrogen-bond donors (Lipinski definition) is 1. The van der Waals surface area contributed by atoms with E-state index in [2.05, 4.69) is 26.9 Å². The fraction of sp³-hybridized carbons (Fsp3) is 0.656. The standard InChI is InChI=1S/C32H40F3N5O2/c1-20-36-25-11-14-38(29(41)18-32(33,34)35)19-26(25)40(20)23-16-28-31(17-23)13-10-27(31)39(28)15-12-24(21-6-3-2-4-7-21)37-30(42)22-8-5-9-22/h2-4,6-7,22-24,27-28H,5,8-19H2,1H3,(H,37,42)/t23?,24-,27?,28?,31?/m0/s1. The van der Waals surface area contributed by atoms with Gasteiger partial charge in [0.05, 0.1) is 24.0 Å². The second-order valence-corrected chi connectivity index (χ2v) is 13.3. The number of amides is 2. The number of nitrogens with zero attached hydrogens (tertiary/aromatic N) is 4. The predicted octanol–water partition coefficient (Wildman–Crippen LogP) is 5.24. The third-order valence-electron chi connectivity index (χ3n) is 11.1. The van der Waals surface area contributed by atoms with Gasteiger partial charge in [-0.05, 0) is 57.4 Å². The molecule has 7 rings (SSSR count). The van der Waals surface area contributed by atoms with Gasteiger partial charge in [0.1, 0.15) is 12.2 Å². The van der Waals surface area contributed by atoms with Gasteiger partial charge in [0, 0.05) is 49.0 Å². The van der Waals surface area contributed by atoms with E-state index < -0.39 is 18.5 Å². The molecule has 4 unspecified atom stereocenters. The van der Waals surface area contributed by atoms with Crippen molar-refractivity contribution in [2.45, 2.75) is 108 Å². The van der Waals surface area contributed by atoms with E-state index in [9.17, 15) is 22.8 Å². The molecule has 226 valence electrons. The zero-order valence-corrected chi connectivity index (χ0v) is 24.2. The number of benzene rings is 1. The second-order valence-electron chi connectivity index (χ2n) is 13.3. The predicted molar refractivity (Wildman–Crippen MR) is 150 cm³/mol. The minimum atomic E-state index is -4.50. The lowest BCUT2D eigenvalue weighted by atomic mass is 9.53. The first-order chi connectivity index (χ1) is 20.1. The summed E-state index contributed by atoms with van der Waals surface area (Å²) in [7, 11) is 0. The highest BCUT2D eigenvalue weighted by Crippen LogP contribution is 2.67.